The van der Waals surface area contributed by atoms with Gasteiger partial charge in [-0.2, -0.15) is 0 Å². The molecule has 1 aliphatic heterocycles. The monoisotopic (exact) mass is 371 g/mol. The fraction of sp³-hybridized carbons (Fsp3) is 0.450. The van der Waals surface area contributed by atoms with Crippen LogP contribution in [0, 0.1) is 0 Å². The number of hydrogen-bond acceptors (Lipinski definition) is 4. The molecular weight excluding hydrogens is 350 g/mol. The summed E-state index contributed by atoms with van der Waals surface area (Å²) in [7, 11) is 0. The Bertz CT molecular complexity index is 760. The van der Waals surface area contributed by atoms with Gasteiger partial charge in [0.25, 0.3) is 0 Å². The van der Waals surface area contributed by atoms with E-state index in [0.29, 0.717) is 17.4 Å². The Morgan fingerprint density at radius 3 is 2.65 bits per heavy atom. The van der Waals surface area contributed by atoms with Crippen molar-refractivity contribution < 1.29 is 9.53 Å². The number of ether oxygens (including phenoxy) is 1. The zero-order valence-corrected chi connectivity index (χ0v) is 15.4. The first kappa shape index (κ1) is 17.3. The van der Waals surface area contributed by atoms with Crippen LogP contribution >= 0.6 is 11.6 Å². The van der Waals surface area contributed by atoms with Crippen LogP contribution in [0.5, 0.6) is 5.88 Å². The van der Waals surface area contributed by atoms with Crippen molar-refractivity contribution in [3.63, 3.8) is 0 Å². The second-order valence-corrected chi connectivity index (χ2v) is 7.56. The van der Waals surface area contributed by atoms with Crippen LogP contribution in [-0.2, 0) is 10.2 Å². The van der Waals surface area contributed by atoms with E-state index in [4.69, 9.17) is 16.3 Å². The maximum atomic E-state index is 13.5. The molecule has 1 saturated carbocycles. The lowest BCUT2D eigenvalue weighted by Gasteiger charge is -2.33. The molecule has 2 fully saturated rings. The molecule has 1 atom stereocenters. The van der Waals surface area contributed by atoms with E-state index < -0.39 is 5.41 Å². The van der Waals surface area contributed by atoms with Crippen LogP contribution in [-0.4, -0.2) is 40.0 Å². The maximum Gasteiger partial charge on any atom is 0.233 e. The lowest BCUT2D eigenvalue weighted by Crippen LogP contribution is -2.45. The van der Waals surface area contributed by atoms with Gasteiger partial charge in [0.1, 0.15) is 6.10 Å². The van der Waals surface area contributed by atoms with Crippen molar-refractivity contribution in [1.29, 1.82) is 0 Å². The molecule has 1 aromatic carbocycles. The van der Waals surface area contributed by atoms with Gasteiger partial charge in [0, 0.05) is 30.4 Å². The number of hydrogen-bond donors (Lipinski definition) is 0. The van der Waals surface area contributed by atoms with Crippen molar-refractivity contribution in [3.05, 3.63) is 53.4 Å². The minimum absolute atomic E-state index is 0.0284. The highest BCUT2D eigenvalue weighted by molar-refractivity contribution is 6.30. The lowest BCUT2D eigenvalue weighted by molar-refractivity contribution is -0.136. The van der Waals surface area contributed by atoms with E-state index in [-0.39, 0.29) is 12.0 Å². The van der Waals surface area contributed by atoms with E-state index in [1.807, 2.05) is 29.2 Å². The van der Waals surface area contributed by atoms with Crippen LogP contribution in [0.4, 0.5) is 0 Å². The number of carbonyl (C=O) groups excluding carboxylic acids is 1. The quantitative estimate of drug-likeness (QED) is 0.823. The number of amides is 1. The number of nitrogens with zero attached hydrogens (tertiary/aromatic N) is 3. The van der Waals surface area contributed by atoms with E-state index in [2.05, 4.69) is 9.97 Å². The van der Waals surface area contributed by atoms with E-state index in [0.717, 1.165) is 44.2 Å². The second kappa shape index (κ2) is 7.23. The Labute approximate surface area is 158 Å². The number of carbonyl (C=O) groups is 1. The zero-order chi connectivity index (χ0) is 18.0. The minimum Gasteiger partial charge on any atom is -0.471 e. The summed E-state index contributed by atoms with van der Waals surface area (Å²) in [6, 6.07) is 7.78. The molecule has 0 spiro atoms. The third kappa shape index (κ3) is 3.28. The number of benzene rings is 1. The molecule has 1 saturated heterocycles. The number of rotatable bonds is 4. The Hall–Kier alpha value is -2.14. The predicted octanol–water partition coefficient (Wildman–Crippen LogP) is 3.62. The molecule has 2 aliphatic rings. The van der Waals surface area contributed by atoms with Crippen molar-refractivity contribution in [2.75, 3.05) is 13.1 Å². The Kier molecular flexibility index (Phi) is 4.81. The summed E-state index contributed by atoms with van der Waals surface area (Å²) in [5.74, 6) is 0.739. The molecule has 0 N–H and O–H groups in total. The molecule has 6 heteroatoms. The first-order chi connectivity index (χ1) is 12.7. The lowest BCUT2D eigenvalue weighted by atomic mass is 9.77. The predicted molar refractivity (Wildman–Crippen MR) is 99.2 cm³/mol. The Morgan fingerprint density at radius 2 is 1.96 bits per heavy atom. The van der Waals surface area contributed by atoms with Gasteiger partial charge >= 0.3 is 0 Å². The van der Waals surface area contributed by atoms with Gasteiger partial charge < -0.3 is 9.64 Å². The maximum absolute atomic E-state index is 13.5. The molecule has 1 aliphatic carbocycles. The number of likely N-dealkylation sites (tertiary alicyclic amines) is 1. The van der Waals surface area contributed by atoms with Crippen molar-refractivity contribution in [2.24, 2.45) is 0 Å². The summed E-state index contributed by atoms with van der Waals surface area (Å²) >= 11 is 6.04. The summed E-state index contributed by atoms with van der Waals surface area (Å²) in [6.45, 7) is 1.32. The van der Waals surface area contributed by atoms with E-state index in [1.165, 1.54) is 0 Å². The SMILES string of the molecule is O=C(N1CCC(Oc2cnccn2)C1)C1(c2ccc(Cl)cc2)CCCC1. The third-order valence-corrected chi connectivity index (χ3v) is 5.77. The van der Waals surface area contributed by atoms with Gasteiger partial charge in [0.2, 0.25) is 11.8 Å². The minimum atomic E-state index is -0.411. The molecule has 1 unspecified atom stereocenters. The summed E-state index contributed by atoms with van der Waals surface area (Å²) in [6.07, 6.45) is 9.60. The highest BCUT2D eigenvalue weighted by Crippen LogP contribution is 2.43. The van der Waals surface area contributed by atoms with Crippen LogP contribution in [0.25, 0.3) is 0 Å². The summed E-state index contributed by atoms with van der Waals surface area (Å²) < 4.78 is 5.89. The molecule has 2 aromatic rings. The van der Waals surface area contributed by atoms with Crippen LogP contribution in [0.3, 0.4) is 0 Å². The molecule has 0 bridgehead atoms. The molecule has 4 rings (SSSR count). The average Bonchev–Trinajstić information content (AvgIpc) is 3.33. The third-order valence-electron chi connectivity index (χ3n) is 5.52. The number of aromatic nitrogens is 2. The van der Waals surface area contributed by atoms with E-state index in [1.54, 1.807) is 18.6 Å². The normalized spacial score (nSPS) is 21.7. The van der Waals surface area contributed by atoms with Gasteiger partial charge in [-0.15, -0.1) is 0 Å². The fourth-order valence-corrected chi connectivity index (χ4v) is 4.33. The topological polar surface area (TPSA) is 55.3 Å². The summed E-state index contributed by atoms with van der Waals surface area (Å²) in [4.78, 5) is 23.6. The van der Waals surface area contributed by atoms with Crippen molar-refractivity contribution >= 4 is 17.5 Å². The average molecular weight is 372 g/mol. The standard InChI is InChI=1S/C20H22ClN3O2/c21-16-5-3-15(4-6-16)20(8-1-2-9-20)19(25)24-12-7-17(14-24)26-18-13-22-10-11-23-18/h3-6,10-11,13,17H,1-2,7-9,12,14H2. The van der Waals surface area contributed by atoms with Gasteiger partial charge in [-0.05, 0) is 30.5 Å². The molecule has 1 amide bonds. The Balaban J connectivity index is 1.49. The zero-order valence-electron chi connectivity index (χ0n) is 14.6. The smallest absolute Gasteiger partial charge is 0.233 e. The second-order valence-electron chi connectivity index (χ2n) is 7.12. The Morgan fingerprint density at radius 1 is 1.19 bits per heavy atom. The van der Waals surface area contributed by atoms with Crippen LogP contribution < -0.4 is 4.74 Å². The van der Waals surface area contributed by atoms with Gasteiger partial charge in [-0.25, -0.2) is 4.98 Å². The van der Waals surface area contributed by atoms with Crippen molar-refractivity contribution in [2.45, 2.75) is 43.6 Å². The van der Waals surface area contributed by atoms with Crippen molar-refractivity contribution in [1.82, 2.24) is 14.9 Å². The molecule has 5 nitrogen and oxygen atoms in total. The number of halogens is 1. The van der Waals surface area contributed by atoms with Crippen LogP contribution in [0.2, 0.25) is 5.02 Å². The van der Waals surface area contributed by atoms with Crippen LogP contribution in [0.1, 0.15) is 37.7 Å². The molecule has 0 radical (unpaired) electrons. The van der Waals surface area contributed by atoms with Crippen molar-refractivity contribution in [3.8, 4) is 5.88 Å². The van der Waals surface area contributed by atoms with E-state index >= 15 is 0 Å². The van der Waals surface area contributed by atoms with Crippen LogP contribution in [0.15, 0.2) is 42.9 Å². The highest BCUT2D eigenvalue weighted by atomic mass is 35.5. The van der Waals surface area contributed by atoms with Gasteiger partial charge in [-0.3, -0.25) is 9.78 Å². The van der Waals surface area contributed by atoms with E-state index in [9.17, 15) is 4.79 Å². The summed E-state index contributed by atoms with van der Waals surface area (Å²) in [5, 5.41) is 0.702. The van der Waals surface area contributed by atoms with Gasteiger partial charge in [0.15, 0.2) is 0 Å². The van der Waals surface area contributed by atoms with Gasteiger partial charge in [-0.1, -0.05) is 36.6 Å². The summed E-state index contributed by atoms with van der Waals surface area (Å²) in [5.41, 5.74) is 0.675. The molecule has 2 heterocycles. The molecular formula is C20H22ClN3O2. The first-order valence-electron chi connectivity index (χ1n) is 9.15. The molecule has 136 valence electrons. The molecule has 1 aromatic heterocycles. The largest absolute Gasteiger partial charge is 0.471 e. The highest BCUT2D eigenvalue weighted by Gasteiger charge is 2.46. The first-order valence-corrected chi connectivity index (χ1v) is 9.53. The van der Waals surface area contributed by atoms with Gasteiger partial charge in [0.05, 0.1) is 18.2 Å². The fourth-order valence-electron chi connectivity index (χ4n) is 4.20. The molecule has 26 heavy (non-hydrogen) atoms.